The van der Waals surface area contributed by atoms with Crippen LogP contribution in [-0.4, -0.2) is 36.3 Å². The number of unbranched alkanes of at least 4 members (excludes halogenated alkanes) is 2. The minimum Gasteiger partial charge on any atom is -0.463 e. The van der Waals surface area contributed by atoms with E-state index in [1.54, 1.807) is 0 Å². The molecule has 2 heterocycles. The number of furan rings is 1. The maximum absolute atomic E-state index is 12.7. The Morgan fingerprint density at radius 3 is 2.74 bits per heavy atom. The molecule has 0 saturated carbocycles. The van der Waals surface area contributed by atoms with Crippen molar-refractivity contribution in [1.29, 1.82) is 0 Å². The zero-order valence-electron chi connectivity index (χ0n) is 16.7. The van der Waals surface area contributed by atoms with Gasteiger partial charge in [0.25, 0.3) is 0 Å². The van der Waals surface area contributed by atoms with Gasteiger partial charge in [-0.25, -0.2) is 0 Å². The second kappa shape index (κ2) is 9.75. The highest BCUT2D eigenvalue weighted by Gasteiger charge is 2.22. The number of nitrogens with zero attached hydrogens (tertiary/aromatic N) is 2. The number of carbonyl (C=O) groups is 1. The second-order valence-corrected chi connectivity index (χ2v) is 7.86. The number of carbonyl (C=O) groups excluding carboxylic acids is 1. The molecule has 1 aromatic heterocycles. The molecule has 0 unspecified atom stereocenters. The SMILES string of the molecule is CN(C)Cc1cc2c(o1)CN(C(=O)CCCCCc1ccccc1)CCC2. The Kier molecular flexibility index (Phi) is 7.11. The summed E-state index contributed by atoms with van der Waals surface area (Å²) in [7, 11) is 4.09. The average molecular weight is 369 g/mol. The fourth-order valence-corrected chi connectivity index (χ4v) is 3.77. The predicted molar refractivity (Wildman–Crippen MR) is 108 cm³/mol. The Bertz CT molecular complexity index is 721. The van der Waals surface area contributed by atoms with Gasteiger partial charge < -0.3 is 14.2 Å². The van der Waals surface area contributed by atoms with Crippen LogP contribution in [0.25, 0.3) is 0 Å². The third kappa shape index (κ3) is 5.96. The Morgan fingerprint density at radius 1 is 1.15 bits per heavy atom. The van der Waals surface area contributed by atoms with Crippen molar-refractivity contribution < 1.29 is 9.21 Å². The average Bonchev–Trinajstić information content (AvgIpc) is 2.90. The van der Waals surface area contributed by atoms with Crippen LogP contribution in [0, 0.1) is 0 Å². The Hall–Kier alpha value is -2.07. The van der Waals surface area contributed by atoms with Crippen molar-refractivity contribution in [2.75, 3.05) is 20.6 Å². The zero-order valence-corrected chi connectivity index (χ0v) is 16.7. The van der Waals surface area contributed by atoms with E-state index < -0.39 is 0 Å². The first-order valence-electron chi connectivity index (χ1n) is 10.2. The van der Waals surface area contributed by atoms with E-state index in [2.05, 4.69) is 41.3 Å². The molecule has 0 radical (unpaired) electrons. The summed E-state index contributed by atoms with van der Waals surface area (Å²) in [6, 6.07) is 12.8. The van der Waals surface area contributed by atoms with E-state index in [-0.39, 0.29) is 5.91 Å². The monoisotopic (exact) mass is 368 g/mol. The smallest absolute Gasteiger partial charge is 0.222 e. The van der Waals surface area contributed by atoms with E-state index in [0.717, 1.165) is 63.1 Å². The number of hydrogen-bond acceptors (Lipinski definition) is 3. The Morgan fingerprint density at radius 2 is 1.96 bits per heavy atom. The number of fused-ring (bicyclic) bond motifs is 1. The molecule has 146 valence electrons. The van der Waals surface area contributed by atoms with Crippen molar-refractivity contribution in [3.8, 4) is 0 Å². The van der Waals surface area contributed by atoms with Gasteiger partial charge in [-0.05, 0) is 63.4 Å². The standard InChI is InChI=1S/C23H32N2O2/c1-24(2)17-21-16-20-13-9-15-25(18-22(20)27-21)23(26)14-8-4-7-12-19-10-5-3-6-11-19/h3,5-6,10-11,16H,4,7-9,12-15,17-18H2,1-2H3. The molecule has 1 aromatic carbocycles. The molecule has 1 aliphatic rings. The highest BCUT2D eigenvalue weighted by molar-refractivity contribution is 5.76. The Labute approximate surface area is 163 Å². The van der Waals surface area contributed by atoms with Crippen LogP contribution in [0.4, 0.5) is 0 Å². The molecule has 1 amide bonds. The fraction of sp³-hybridized carbons (Fsp3) is 0.522. The van der Waals surface area contributed by atoms with E-state index >= 15 is 0 Å². The third-order valence-electron chi connectivity index (χ3n) is 5.18. The first kappa shape index (κ1) is 19.7. The van der Waals surface area contributed by atoms with Gasteiger partial charge in [0.1, 0.15) is 11.5 Å². The van der Waals surface area contributed by atoms with Crippen molar-refractivity contribution in [3.05, 3.63) is 59.0 Å². The summed E-state index contributed by atoms with van der Waals surface area (Å²) < 4.78 is 6.03. The normalized spacial score (nSPS) is 14.3. The van der Waals surface area contributed by atoms with E-state index in [9.17, 15) is 4.79 Å². The van der Waals surface area contributed by atoms with Gasteiger partial charge in [0.05, 0.1) is 13.1 Å². The molecule has 0 saturated heterocycles. The van der Waals surface area contributed by atoms with Crippen LogP contribution in [0.15, 0.2) is 40.8 Å². The van der Waals surface area contributed by atoms with Crippen LogP contribution in [0.2, 0.25) is 0 Å². The lowest BCUT2D eigenvalue weighted by atomic mass is 10.1. The van der Waals surface area contributed by atoms with Crippen LogP contribution in [0.3, 0.4) is 0 Å². The lowest BCUT2D eigenvalue weighted by molar-refractivity contribution is -0.132. The molecule has 0 bridgehead atoms. The summed E-state index contributed by atoms with van der Waals surface area (Å²) >= 11 is 0. The summed E-state index contributed by atoms with van der Waals surface area (Å²) in [6.07, 6.45) is 7.00. The number of benzene rings is 1. The number of aryl methyl sites for hydroxylation is 2. The van der Waals surface area contributed by atoms with Crippen LogP contribution in [-0.2, 0) is 30.7 Å². The lowest BCUT2D eigenvalue weighted by Gasteiger charge is -2.20. The van der Waals surface area contributed by atoms with Crippen molar-refractivity contribution in [2.24, 2.45) is 0 Å². The van der Waals surface area contributed by atoms with Crippen LogP contribution >= 0.6 is 0 Å². The van der Waals surface area contributed by atoms with Crippen LogP contribution in [0.5, 0.6) is 0 Å². The summed E-state index contributed by atoms with van der Waals surface area (Å²) in [6.45, 7) is 2.28. The number of hydrogen-bond donors (Lipinski definition) is 0. The number of amides is 1. The van der Waals surface area contributed by atoms with Gasteiger partial charge in [-0.1, -0.05) is 36.8 Å². The summed E-state index contributed by atoms with van der Waals surface area (Å²) in [5.74, 6) is 2.26. The molecular weight excluding hydrogens is 336 g/mol. The summed E-state index contributed by atoms with van der Waals surface area (Å²) in [4.78, 5) is 16.8. The highest BCUT2D eigenvalue weighted by Crippen LogP contribution is 2.24. The lowest BCUT2D eigenvalue weighted by Crippen LogP contribution is -2.30. The predicted octanol–water partition coefficient (Wildman–Crippen LogP) is 4.42. The number of rotatable bonds is 8. The molecule has 0 spiro atoms. The molecule has 3 rings (SSSR count). The van der Waals surface area contributed by atoms with Gasteiger partial charge in [0.2, 0.25) is 5.91 Å². The first-order chi connectivity index (χ1) is 13.1. The van der Waals surface area contributed by atoms with E-state index in [0.29, 0.717) is 13.0 Å². The topological polar surface area (TPSA) is 36.7 Å². The maximum atomic E-state index is 12.7. The van der Waals surface area contributed by atoms with E-state index in [1.165, 1.54) is 11.1 Å². The molecule has 0 fully saturated rings. The molecule has 4 heteroatoms. The van der Waals surface area contributed by atoms with Crippen molar-refractivity contribution in [1.82, 2.24) is 9.80 Å². The summed E-state index contributed by atoms with van der Waals surface area (Å²) in [5.41, 5.74) is 2.67. The van der Waals surface area contributed by atoms with Crippen LogP contribution in [0.1, 0.15) is 54.8 Å². The minimum atomic E-state index is 0.271. The maximum Gasteiger partial charge on any atom is 0.222 e. The minimum absolute atomic E-state index is 0.271. The third-order valence-corrected chi connectivity index (χ3v) is 5.18. The molecule has 4 nitrogen and oxygen atoms in total. The van der Waals surface area contributed by atoms with Gasteiger partial charge in [-0.15, -0.1) is 0 Å². The molecule has 0 atom stereocenters. The molecule has 0 aliphatic carbocycles. The van der Waals surface area contributed by atoms with E-state index in [1.807, 2.05) is 19.0 Å². The highest BCUT2D eigenvalue weighted by atomic mass is 16.3. The van der Waals surface area contributed by atoms with Gasteiger partial charge in [-0.3, -0.25) is 4.79 Å². The summed E-state index contributed by atoms with van der Waals surface area (Å²) in [5, 5.41) is 0. The molecule has 0 N–H and O–H groups in total. The van der Waals surface area contributed by atoms with Gasteiger partial charge in [-0.2, -0.15) is 0 Å². The molecular formula is C23H32N2O2. The van der Waals surface area contributed by atoms with Crippen molar-refractivity contribution >= 4 is 5.91 Å². The quantitative estimate of drug-likeness (QED) is 0.647. The second-order valence-electron chi connectivity index (χ2n) is 7.86. The fourth-order valence-electron chi connectivity index (χ4n) is 3.77. The van der Waals surface area contributed by atoms with Gasteiger partial charge in [0, 0.05) is 13.0 Å². The first-order valence-corrected chi connectivity index (χ1v) is 10.2. The van der Waals surface area contributed by atoms with E-state index in [4.69, 9.17) is 4.42 Å². The van der Waals surface area contributed by atoms with Gasteiger partial charge in [0.15, 0.2) is 0 Å². The van der Waals surface area contributed by atoms with Crippen LogP contribution < -0.4 is 0 Å². The van der Waals surface area contributed by atoms with Gasteiger partial charge >= 0.3 is 0 Å². The Balaban J connectivity index is 1.43. The van der Waals surface area contributed by atoms with Crippen molar-refractivity contribution in [2.45, 2.75) is 58.0 Å². The zero-order chi connectivity index (χ0) is 19.1. The molecule has 1 aliphatic heterocycles. The largest absolute Gasteiger partial charge is 0.463 e. The molecule has 27 heavy (non-hydrogen) atoms. The van der Waals surface area contributed by atoms with Crippen molar-refractivity contribution in [3.63, 3.8) is 0 Å². The molecule has 2 aromatic rings.